The highest BCUT2D eigenvalue weighted by Gasteiger charge is 2.36. The van der Waals surface area contributed by atoms with E-state index in [9.17, 15) is 0 Å². The molecule has 1 aliphatic carbocycles. The van der Waals surface area contributed by atoms with E-state index in [-0.39, 0.29) is 0 Å². The van der Waals surface area contributed by atoms with Gasteiger partial charge in [-0.25, -0.2) is 0 Å². The van der Waals surface area contributed by atoms with E-state index in [1.165, 1.54) is 51.6 Å². The zero-order valence-electron chi connectivity index (χ0n) is 13.5. The lowest BCUT2D eigenvalue weighted by molar-refractivity contribution is 0.0210. The minimum Gasteiger partial charge on any atom is -0.311 e. The predicted molar refractivity (Wildman–Crippen MR) is 83.5 cm³/mol. The first-order chi connectivity index (χ1) is 9.13. The number of hydrogen-bond donors (Lipinski definition) is 1. The third kappa shape index (κ3) is 3.72. The summed E-state index contributed by atoms with van der Waals surface area (Å²) in [5.74, 6) is 1.72. The van der Waals surface area contributed by atoms with E-state index in [1.54, 1.807) is 0 Å². The van der Waals surface area contributed by atoms with Gasteiger partial charge in [-0.05, 0) is 38.0 Å². The molecule has 1 saturated heterocycles. The summed E-state index contributed by atoms with van der Waals surface area (Å²) in [5.41, 5.74) is 0. The van der Waals surface area contributed by atoms with Crippen molar-refractivity contribution in [3.05, 3.63) is 0 Å². The molecule has 19 heavy (non-hydrogen) atoms. The molecule has 0 aromatic carbocycles. The molecule has 112 valence electrons. The summed E-state index contributed by atoms with van der Waals surface area (Å²) in [4.78, 5) is 2.88. The monoisotopic (exact) mass is 266 g/mol. The molecule has 0 spiro atoms. The molecule has 1 saturated carbocycles. The summed E-state index contributed by atoms with van der Waals surface area (Å²) in [6.07, 6.45) is 8.69. The van der Waals surface area contributed by atoms with Gasteiger partial charge >= 0.3 is 0 Å². The van der Waals surface area contributed by atoms with E-state index in [2.05, 4.69) is 37.9 Å². The van der Waals surface area contributed by atoms with Gasteiger partial charge in [0.05, 0.1) is 0 Å². The van der Waals surface area contributed by atoms with E-state index in [1.807, 2.05) is 0 Å². The second-order valence-corrected chi connectivity index (χ2v) is 7.19. The SMILES string of the molecule is CCC(C1CCCCC1)N1CC(C)NCC1C(C)C. The van der Waals surface area contributed by atoms with E-state index in [4.69, 9.17) is 0 Å². The predicted octanol–water partition coefficient (Wildman–Crippen LogP) is 3.66. The first kappa shape index (κ1) is 15.3. The number of rotatable bonds is 4. The van der Waals surface area contributed by atoms with Crippen molar-refractivity contribution in [2.45, 2.75) is 84.3 Å². The van der Waals surface area contributed by atoms with Gasteiger partial charge in [0.25, 0.3) is 0 Å². The third-order valence-corrected chi connectivity index (χ3v) is 5.39. The minimum atomic E-state index is 0.660. The summed E-state index contributed by atoms with van der Waals surface area (Å²) in [6.45, 7) is 12.0. The molecule has 1 heterocycles. The number of hydrogen-bond acceptors (Lipinski definition) is 2. The van der Waals surface area contributed by atoms with Gasteiger partial charge in [-0.3, -0.25) is 4.90 Å². The van der Waals surface area contributed by atoms with Crippen LogP contribution in [0.25, 0.3) is 0 Å². The average Bonchev–Trinajstić information content (AvgIpc) is 2.40. The van der Waals surface area contributed by atoms with Crippen LogP contribution in [0, 0.1) is 11.8 Å². The average molecular weight is 266 g/mol. The smallest absolute Gasteiger partial charge is 0.0247 e. The molecule has 0 aromatic rings. The van der Waals surface area contributed by atoms with Crippen molar-refractivity contribution in [3.63, 3.8) is 0 Å². The lowest BCUT2D eigenvalue weighted by Gasteiger charge is -2.48. The highest BCUT2D eigenvalue weighted by atomic mass is 15.3. The fourth-order valence-corrected chi connectivity index (χ4v) is 4.31. The van der Waals surface area contributed by atoms with Crippen LogP contribution in [-0.2, 0) is 0 Å². The number of piperazine rings is 1. The lowest BCUT2D eigenvalue weighted by atomic mass is 9.80. The molecule has 0 amide bonds. The van der Waals surface area contributed by atoms with Gasteiger partial charge in [-0.1, -0.05) is 40.0 Å². The molecule has 0 aromatic heterocycles. The van der Waals surface area contributed by atoms with Crippen LogP contribution in [0.15, 0.2) is 0 Å². The molecule has 2 fully saturated rings. The molecule has 1 N–H and O–H groups in total. The van der Waals surface area contributed by atoms with Crippen molar-refractivity contribution >= 4 is 0 Å². The van der Waals surface area contributed by atoms with Crippen molar-refractivity contribution in [1.82, 2.24) is 10.2 Å². The molecule has 1 aliphatic heterocycles. The zero-order chi connectivity index (χ0) is 13.8. The van der Waals surface area contributed by atoms with Gasteiger partial charge in [-0.15, -0.1) is 0 Å². The van der Waals surface area contributed by atoms with Crippen LogP contribution in [0.4, 0.5) is 0 Å². The van der Waals surface area contributed by atoms with Gasteiger partial charge in [0.15, 0.2) is 0 Å². The van der Waals surface area contributed by atoms with Crippen molar-refractivity contribution in [1.29, 1.82) is 0 Å². The van der Waals surface area contributed by atoms with Crippen LogP contribution in [0.1, 0.15) is 66.2 Å². The normalized spacial score (nSPS) is 32.7. The van der Waals surface area contributed by atoms with Crippen LogP contribution < -0.4 is 5.32 Å². The fourth-order valence-electron chi connectivity index (χ4n) is 4.31. The maximum atomic E-state index is 3.68. The Morgan fingerprint density at radius 1 is 1.16 bits per heavy atom. The highest BCUT2D eigenvalue weighted by Crippen LogP contribution is 2.33. The Labute approximate surface area is 120 Å². The second kappa shape index (κ2) is 7.08. The molecule has 2 rings (SSSR count). The maximum absolute atomic E-state index is 3.68. The van der Waals surface area contributed by atoms with Crippen molar-refractivity contribution in [2.24, 2.45) is 11.8 Å². The molecule has 2 aliphatic rings. The zero-order valence-corrected chi connectivity index (χ0v) is 13.5. The maximum Gasteiger partial charge on any atom is 0.0247 e. The summed E-state index contributed by atoms with van der Waals surface area (Å²) < 4.78 is 0. The van der Waals surface area contributed by atoms with Gasteiger partial charge in [0.2, 0.25) is 0 Å². The van der Waals surface area contributed by atoms with Crippen LogP contribution in [0.2, 0.25) is 0 Å². The Morgan fingerprint density at radius 2 is 1.84 bits per heavy atom. The molecule has 0 radical (unpaired) electrons. The molecular formula is C17H34N2. The Kier molecular flexibility index (Phi) is 5.70. The Balaban J connectivity index is 2.08. The standard InChI is InChI=1S/C17H34N2/c1-5-16(15-9-7-6-8-10-15)19-12-14(4)18-11-17(19)13(2)3/h13-18H,5-12H2,1-4H3. The van der Waals surface area contributed by atoms with E-state index in [0.717, 1.165) is 23.9 Å². The van der Waals surface area contributed by atoms with Crippen molar-refractivity contribution in [3.8, 4) is 0 Å². The van der Waals surface area contributed by atoms with E-state index >= 15 is 0 Å². The van der Waals surface area contributed by atoms with E-state index in [0.29, 0.717) is 6.04 Å². The van der Waals surface area contributed by atoms with Crippen molar-refractivity contribution in [2.75, 3.05) is 13.1 Å². The Bertz CT molecular complexity index is 258. The lowest BCUT2D eigenvalue weighted by Crippen LogP contribution is -2.61. The van der Waals surface area contributed by atoms with Gasteiger partial charge in [0, 0.05) is 31.2 Å². The Hall–Kier alpha value is -0.0800. The van der Waals surface area contributed by atoms with Crippen LogP contribution >= 0.6 is 0 Å². The quantitative estimate of drug-likeness (QED) is 0.835. The van der Waals surface area contributed by atoms with Gasteiger partial charge < -0.3 is 5.32 Å². The van der Waals surface area contributed by atoms with Gasteiger partial charge in [-0.2, -0.15) is 0 Å². The summed E-state index contributed by atoms with van der Waals surface area (Å²) in [5, 5.41) is 3.68. The van der Waals surface area contributed by atoms with Crippen LogP contribution in [0.5, 0.6) is 0 Å². The molecular weight excluding hydrogens is 232 g/mol. The molecule has 3 unspecified atom stereocenters. The largest absolute Gasteiger partial charge is 0.311 e. The summed E-state index contributed by atoms with van der Waals surface area (Å²) in [7, 11) is 0. The summed E-state index contributed by atoms with van der Waals surface area (Å²) in [6, 6.07) is 2.23. The fraction of sp³-hybridized carbons (Fsp3) is 1.00. The molecule has 2 nitrogen and oxygen atoms in total. The topological polar surface area (TPSA) is 15.3 Å². The number of nitrogens with one attached hydrogen (secondary N) is 1. The van der Waals surface area contributed by atoms with Crippen molar-refractivity contribution < 1.29 is 0 Å². The second-order valence-electron chi connectivity index (χ2n) is 7.19. The molecule has 2 heteroatoms. The van der Waals surface area contributed by atoms with Crippen LogP contribution in [-0.4, -0.2) is 36.1 Å². The highest BCUT2D eigenvalue weighted by molar-refractivity contribution is 4.92. The van der Waals surface area contributed by atoms with Crippen LogP contribution in [0.3, 0.4) is 0 Å². The minimum absolute atomic E-state index is 0.660. The molecule has 3 atom stereocenters. The van der Waals surface area contributed by atoms with E-state index < -0.39 is 0 Å². The Morgan fingerprint density at radius 3 is 2.42 bits per heavy atom. The van der Waals surface area contributed by atoms with Gasteiger partial charge in [0.1, 0.15) is 0 Å². The third-order valence-electron chi connectivity index (χ3n) is 5.39. The molecule has 0 bridgehead atoms. The summed E-state index contributed by atoms with van der Waals surface area (Å²) >= 11 is 0. The first-order valence-electron chi connectivity index (χ1n) is 8.62. The first-order valence-corrected chi connectivity index (χ1v) is 8.62. The number of nitrogens with zero attached hydrogens (tertiary/aromatic N) is 1.